The van der Waals surface area contributed by atoms with E-state index >= 15 is 0 Å². The third-order valence-electron chi connectivity index (χ3n) is 3.80. The molecule has 3 nitrogen and oxygen atoms in total. The van der Waals surface area contributed by atoms with Crippen molar-refractivity contribution in [1.29, 1.82) is 0 Å². The van der Waals surface area contributed by atoms with Crippen LogP contribution in [-0.4, -0.2) is 24.1 Å². The molecule has 1 atom stereocenters. The number of aromatic nitrogens is 1. The van der Waals surface area contributed by atoms with Gasteiger partial charge in [0.25, 0.3) is 0 Å². The van der Waals surface area contributed by atoms with Gasteiger partial charge in [0.05, 0.1) is 5.69 Å². The smallest absolute Gasteiger partial charge is 0.186 e. The summed E-state index contributed by atoms with van der Waals surface area (Å²) in [5, 5.41) is 4.77. The summed E-state index contributed by atoms with van der Waals surface area (Å²) in [5.74, 6) is 0.694. The SMILES string of the molecule is CCCc1nc(N(CC)C(C)CC)sc1CNCC(C)C. The molecule has 21 heavy (non-hydrogen) atoms. The molecule has 0 saturated carbocycles. The van der Waals surface area contributed by atoms with Crippen LogP contribution in [0.15, 0.2) is 0 Å². The number of nitrogens with zero attached hydrogens (tertiary/aromatic N) is 2. The molecule has 1 rings (SSSR count). The lowest BCUT2D eigenvalue weighted by molar-refractivity contribution is 0.553. The predicted octanol–water partition coefficient (Wildman–Crippen LogP) is 4.47. The van der Waals surface area contributed by atoms with E-state index in [1.54, 1.807) is 0 Å². The summed E-state index contributed by atoms with van der Waals surface area (Å²) in [6.45, 7) is 16.6. The predicted molar refractivity (Wildman–Crippen MR) is 95.4 cm³/mol. The van der Waals surface area contributed by atoms with Crippen LogP contribution in [0.5, 0.6) is 0 Å². The van der Waals surface area contributed by atoms with Crippen molar-refractivity contribution in [3.05, 3.63) is 10.6 Å². The van der Waals surface area contributed by atoms with Gasteiger partial charge in [-0.1, -0.05) is 34.1 Å². The standard InChI is InChI=1S/C17H33N3S/c1-7-10-15-16(12-18-11-13(4)5)21-17(19-15)20(9-3)14(6)8-2/h13-14,18H,7-12H2,1-6H3. The molecule has 4 heteroatoms. The van der Waals surface area contributed by atoms with E-state index in [1.807, 2.05) is 11.3 Å². The average Bonchev–Trinajstić information content (AvgIpc) is 2.82. The average molecular weight is 312 g/mol. The Balaban J connectivity index is 2.86. The van der Waals surface area contributed by atoms with E-state index in [0.29, 0.717) is 12.0 Å². The fourth-order valence-corrected chi connectivity index (χ4v) is 3.64. The summed E-state index contributed by atoms with van der Waals surface area (Å²) in [7, 11) is 0. The topological polar surface area (TPSA) is 28.2 Å². The lowest BCUT2D eigenvalue weighted by atomic mass is 10.2. The highest BCUT2D eigenvalue weighted by atomic mass is 32.1. The van der Waals surface area contributed by atoms with Gasteiger partial charge < -0.3 is 10.2 Å². The fraction of sp³-hybridized carbons (Fsp3) is 0.824. The summed E-state index contributed by atoms with van der Waals surface area (Å²) < 4.78 is 0. The molecule has 0 spiro atoms. The minimum Gasteiger partial charge on any atom is -0.346 e. The summed E-state index contributed by atoms with van der Waals surface area (Å²) in [6, 6.07) is 0.562. The van der Waals surface area contributed by atoms with E-state index in [0.717, 1.165) is 38.9 Å². The van der Waals surface area contributed by atoms with Crippen molar-refractivity contribution in [3.8, 4) is 0 Å². The maximum atomic E-state index is 4.94. The zero-order chi connectivity index (χ0) is 15.8. The molecule has 1 unspecified atom stereocenters. The Hall–Kier alpha value is -0.610. The number of thiazole rings is 1. The van der Waals surface area contributed by atoms with Crippen LogP contribution in [0.25, 0.3) is 0 Å². The third-order valence-corrected chi connectivity index (χ3v) is 4.94. The molecule has 0 bridgehead atoms. The Morgan fingerprint density at radius 3 is 2.43 bits per heavy atom. The molecule has 0 amide bonds. The van der Waals surface area contributed by atoms with E-state index in [1.165, 1.54) is 15.7 Å². The molecule has 0 aliphatic carbocycles. The number of hydrogen-bond donors (Lipinski definition) is 1. The summed E-state index contributed by atoms with van der Waals surface area (Å²) >= 11 is 1.88. The number of anilines is 1. The second-order valence-electron chi connectivity index (χ2n) is 6.18. The van der Waals surface area contributed by atoms with Crippen molar-refractivity contribution >= 4 is 16.5 Å². The van der Waals surface area contributed by atoms with Gasteiger partial charge in [-0.2, -0.15) is 0 Å². The van der Waals surface area contributed by atoms with Gasteiger partial charge in [0.1, 0.15) is 0 Å². The van der Waals surface area contributed by atoms with E-state index in [4.69, 9.17) is 4.98 Å². The third kappa shape index (κ3) is 5.59. The zero-order valence-electron chi connectivity index (χ0n) is 14.7. The highest BCUT2D eigenvalue weighted by molar-refractivity contribution is 7.15. The summed E-state index contributed by atoms with van der Waals surface area (Å²) in [5.41, 5.74) is 1.30. The van der Waals surface area contributed by atoms with E-state index in [-0.39, 0.29) is 0 Å². The largest absolute Gasteiger partial charge is 0.346 e. The molecule has 0 aliphatic rings. The molecule has 0 radical (unpaired) electrons. The second-order valence-corrected chi connectivity index (χ2v) is 7.25. The second kappa shape index (κ2) is 9.42. The Kier molecular flexibility index (Phi) is 8.27. The van der Waals surface area contributed by atoms with Gasteiger partial charge >= 0.3 is 0 Å². The lowest BCUT2D eigenvalue weighted by Gasteiger charge is -2.26. The Morgan fingerprint density at radius 1 is 1.19 bits per heavy atom. The molecule has 0 saturated heterocycles. The molecular formula is C17H33N3S. The van der Waals surface area contributed by atoms with Crippen LogP contribution in [0, 0.1) is 5.92 Å². The Bertz CT molecular complexity index is 401. The van der Waals surface area contributed by atoms with E-state index in [2.05, 4.69) is 51.8 Å². The molecule has 1 N–H and O–H groups in total. The molecule has 1 aromatic heterocycles. The quantitative estimate of drug-likeness (QED) is 0.691. The first-order valence-electron chi connectivity index (χ1n) is 8.49. The number of rotatable bonds is 10. The molecule has 0 fully saturated rings. The molecule has 1 aromatic rings. The molecule has 122 valence electrons. The monoisotopic (exact) mass is 311 g/mol. The Morgan fingerprint density at radius 2 is 1.90 bits per heavy atom. The van der Waals surface area contributed by atoms with Gasteiger partial charge in [-0.05, 0) is 39.2 Å². The van der Waals surface area contributed by atoms with Crippen LogP contribution < -0.4 is 10.2 Å². The minimum atomic E-state index is 0.562. The fourth-order valence-electron chi connectivity index (χ4n) is 2.39. The Labute approximate surface area is 135 Å². The van der Waals surface area contributed by atoms with Crippen LogP contribution in [0.1, 0.15) is 65.0 Å². The van der Waals surface area contributed by atoms with Crippen molar-refractivity contribution in [2.45, 2.75) is 73.4 Å². The van der Waals surface area contributed by atoms with E-state index in [9.17, 15) is 0 Å². The zero-order valence-corrected chi connectivity index (χ0v) is 15.5. The first-order chi connectivity index (χ1) is 10.0. The van der Waals surface area contributed by atoms with Gasteiger partial charge in [-0.25, -0.2) is 4.98 Å². The highest BCUT2D eigenvalue weighted by Gasteiger charge is 2.18. The molecular weight excluding hydrogens is 278 g/mol. The van der Waals surface area contributed by atoms with Gasteiger partial charge in [0.15, 0.2) is 5.13 Å². The van der Waals surface area contributed by atoms with Crippen molar-refractivity contribution in [2.75, 3.05) is 18.0 Å². The summed E-state index contributed by atoms with van der Waals surface area (Å²) in [4.78, 5) is 8.81. The van der Waals surface area contributed by atoms with Crippen molar-refractivity contribution < 1.29 is 0 Å². The minimum absolute atomic E-state index is 0.562. The van der Waals surface area contributed by atoms with Crippen LogP contribution in [0.2, 0.25) is 0 Å². The van der Waals surface area contributed by atoms with Crippen LogP contribution in [0.4, 0.5) is 5.13 Å². The van der Waals surface area contributed by atoms with Crippen molar-refractivity contribution in [2.24, 2.45) is 5.92 Å². The van der Waals surface area contributed by atoms with Crippen molar-refractivity contribution in [1.82, 2.24) is 10.3 Å². The first-order valence-corrected chi connectivity index (χ1v) is 9.30. The van der Waals surface area contributed by atoms with Gasteiger partial charge in [0.2, 0.25) is 0 Å². The first kappa shape index (κ1) is 18.4. The van der Waals surface area contributed by atoms with Gasteiger partial charge in [-0.15, -0.1) is 11.3 Å². The molecule has 0 aromatic carbocycles. The number of nitrogens with one attached hydrogen (secondary N) is 1. The number of aryl methyl sites for hydroxylation is 1. The van der Waals surface area contributed by atoms with Crippen LogP contribution in [-0.2, 0) is 13.0 Å². The van der Waals surface area contributed by atoms with Crippen molar-refractivity contribution in [3.63, 3.8) is 0 Å². The van der Waals surface area contributed by atoms with Gasteiger partial charge in [0, 0.05) is 24.0 Å². The normalized spacial score (nSPS) is 12.9. The maximum Gasteiger partial charge on any atom is 0.186 e. The summed E-state index contributed by atoms with van der Waals surface area (Å²) in [6.07, 6.45) is 3.42. The van der Waals surface area contributed by atoms with Crippen LogP contribution >= 0.6 is 11.3 Å². The van der Waals surface area contributed by atoms with E-state index < -0.39 is 0 Å². The van der Waals surface area contributed by atoms with Gasteiger partial charge in [-0.3, -0.25) is 0 Å². The van der Waals surface area contributed by atoms with Crippen LogP contribution in [0.3, 0.4) is 0 Å². The maximum absolute atomic E-state index is 4.94. The molecule has 0 aliphatic heterocycles. The lowest BCUT2D eigenvalue weighted by Crippen LogP contribution is -2.32. The highest BCUT2D eigenvalue weighted by Crippen LogP contribution is 2.29. The number of hydrogen-bond acceptors (Lipinski definition) is 4. The molecule has 1 heterocycles.